The smallest absolute Gasteiger partial charge is 0.252 e. The van der Waals surface area contributed by atoms with Crippen molar-refractivity contribution < 1.29 is 4.79 Å². The minimum absolute atomic E-state index is 0.0188. The molecule has 1 aromatic carbocycles. The molecule has 0 aromatic heterocycles. The fourth-order valence-corrected chi connectivity index (χ4v) is 1.99. The van der Waals surface area contributed by atoms with E-state index in [1.807, 2.05) is 25.1 Å². The minimum Gasteiger partial charge on any atom is -0.350 e. The van der Waals surface area contributed by atoms with Crippen molar-refractivity contribution in [2.75, 3.05) is 0 Å². The molecule has 0 saturated carbocycles. The van der Waals surface area contributed by atoms with Gasteiger partial charge in [-0.05, 0) is 70.1 Å². The van der Waals surface area contributed by atoms with Crippen LogP contribution in [0.15, 0.2) is 22.7 Å². The van der Waals surface area contributed by atoms with Crippen LogP contribution in [0, 0.1) is 3.57 Å². The first-order valence-electron chi connectivity index (χ1n) is 4.80. The Kier molecular flexibility index (Phi) is 5.05. The van der Waals surface area contributed by atoms with E-state index in [-0.39, 0.29) is 11.9 Å². The van der Waals surface area contributed by atoms with E-state index in [1.54, 1.807) is 0 Å². The molecule has 1 N–H and O–H groups in total. The van der Waals surface area contributed by atoms with E-state index in [0.29, 0.717) is 5.56 Å². The summed E-state index contributed by atoms with van der Waals surface area (Å²) >= 11 is 5.58. The van der Waals surface area contributed by atoms with Crippen molar-refractivity contribution in [1.29, 1.82) is 0 Å². The normalized spacial score (nSPS) is 12.3. The van der Waals surface area contributed by atoms with Crippen LogP contribution in [0.3, 0.4) is 0 Å². The van der Waals surface area contributed by atoms with Crippen molar-refractivity contribution in [1.82, 2.24) is 5.32 Å². The van der Waals surface area contributed by atoms with Crippen LogP contribution in [0.2, 0.25) is 0 Å². The summed E-state index contributed by atoms with van der Waals surface area (Å²) in [4.78, 5) is 11.8. The molecule has 0 aliphatic carbocycles. The average Bonchev–Trinajstić information content (AvgIpc) is 2.21. The molecule has 82 valence electrons. The van der Waals surface area contributed by atoms with Crippen molar-refractivity contribution in [2.24, 2.45) is 0 Å². The summed E-state index contributed by atoms with van der Waals surface area (Å²) in [5.41, 5.74) is 0.696. The van der Waals surface area contributed by atoms with Crippen molar-refractivity contribution in [3.63, 3.8) is 0 Å². The van der Waals surface area contributed by atoms with Crippen LogP contribution < -0.4 is 5.32 Å². The highest BCUT2D eigenvalue weighted by Crippen LogP contribution is 2.19. The molecule has 0 aliphatic rings. The van der Waals surface area contributed by atoms with Crippen LogP contribution in [-0.2, 0) is 0 Å². The maximum Gasteiger partial charge on any atom is 0.252 e. The van der Waals surface area contributed by atoms with Gasteiger partial charge in [-0.3, -0.25) is 4.79 Å². The SMILES string of the molecule is CCC(C)NC(=O)c1cc(I)ccc1Br. The Morgan fingerprint density at radius 3 is 2.87 bits per heavy atom. The second-order valence-corrected chi connectivity index (χ2v) is 5.51. The Hall–Kier alpha value is -0.100. The number of rotatable bonds is 3. The van der Waals surface area contributed by atoms with Gasteiger partial charge in [-0.1, -0.05) is 6.92 Å². The van der Waals surface area contributed by atoms with Crippen LogP contribution in [-0.4, -0.2) is 11.9 Å². The highest BCUT2D eigenvalue weighted by molar-refractivity contribution is 14.1. The summed E-state index contributed by atoms with van der Waals surface area (Å²) < 4.78 is 1.90. The Balaban J connectivity index is 2.86. The van der Waals surface area contributed by atoms with Crippen LogP contribution in [0.4, 0.5) is 0 Å². The minimum atomic E-state index is -0.0188. The van der Waals surface area contributed by atoms with Crippen molar-refractivity contribution in [3.05, 3.63) is 31.8 Å². The van der Waals surface area contributed by atoms with Crippen molar-refractivity contribution >= 4 is 44.4 Å². The molecule has 1 aromatic rings. The number of hydrogen-bond acceptors (Lipinski definition) is 1. The lowest BCUT2D eigenvalue weighted by Crippen LogP contribution is -2.32. The number of carbonyl (C=O) groups excluding carboxylic acids is 1. The monoisotopic (exact) mass is 381 g/mol. The fraction of sp³-hybridized carbons (Fsp3) is 0.364. The molecule has 4 heteroatoms. The molecule has 0 fully saturated rings. The van der Waals surface area contributed by atoms with Gasteiger partial charge in [0.1, 0.15) is 0 Å². The largest absolute Gasteiger partial charge is 0.350 e. The van der Waals surface area contributed by atoms with Crippen LogP contribution in [0.25, 0.3) is 0 Å². The summed E-state index contributed by atoms with van der Waals surface area (Å²) in [5.74, 6) is -0.0188. The number of hydrogen-bond donors (Lipinski definition) is 1. The van der Waals surface area contributed by atoms with Gasteiger partial charge >= 0.3 is 0 Å². The summed E-state index contributed by atoms with van der Waals surface area (Å²) in [6, 6.07) is 5.95. The number of carbonyl (C=O) groups is 1. The number of halogens is 2. The van der Waals surface area contributed by atoms with Gasteiger partial charge in [-0.25, -0.2) is 0 Å². The van der Waals surface area contributed by atoms with Gasteiger partial charge in [0.15, 0.2) is 0 Å². The molecule has 0 saturated heterocycles. The van der Waals surface area contributed by atoms with Gasteiger partial charge in [0.25, 0.3) is 5.91 Å². The van der Waals surface area contributed by atoms with E-state index in [4.69, 9.17) is 0 Å². The number of nitrogens with one attached hydrogen (secondary N) is 1. The molecule has 1 unspecified atom stereocenters. The van der Waals surface area contributed by atoms with E-state index >= 15 is 0 Å². The van der Waals surface area contributed by atoms with E-state index in [2.05, 4.69) is 50.8 Å². The first-order chi connectivity index (χ1) is 7.04. The van der Waals surface area contributed by atoms with Gasteiger partial charge in [-0.2, -0.15) is 0 Å². The summed E-state index contributed by atoms with van der Waals surface area (Å²) in [5, 5.41) is 2.94. The maximum atomic E-state index is 11.8. The predicted octanol–water partition coefficient (Wildman–Crippen LogP) is 3.58. The van der Waals surface area contributed by atoms with Crippen LogP contribution >= 0.6 is 38.5 Å². The molecule has 1 atom stereocenters. The predicted molar refractivity (Wildman–Crippen MR) is 74.1 cm³/mol. The lowest BCUT2D eigenvalue weighted by atomic mass is 10.2. The Morgan fingerprint density at radius 2 is 2.27 bits per heavy atom. The molecule has 15 heavy (non-hydrogen) atoms. The molecule has 1 amide bonds. The van der Waals surface area contributed by atoms with E-state index in [0.717, 1.165) is 14.5 Å². The highest BCUT2D eigenvalue weighted by atomic mass is 127. The second kappa shape index (κ2) is 5.84. The highest BCUT2D eigenvalue weighted by Gasteiger charge is 2.11. The van der Waals surface area contributed by atoms with E-state index < -0.39 is 0 Å². The third-order valence-corrected chi connectivity index (χ3v) is 3.53. The molecule has 2 nitrogen and oxygen atoms in total. The summed E-state index contributed by atoms with van der Waals surface area (Å²) in [7, 11) is 0. The standard InChI is InChI=1S/C11H13BrINO/c1-3-7(2)14-11(15)9-6-8(13)4-5-10(9)12/h4-7H,3H2,1-2H3,(H,14,15). The zero-order valence-electron chi connectivity index (χ0n) is 8.68. The first-order valence-corrected chi connectivity index (χ1v) is 6.67. The van der Waals surface area contributed by atoms with Gasteiger partial charge in [0, 0.05) is 14.1 Å². The van der Waals surface area contributed by atoms with E-state index in [9.17, 15) is 4.79 Å². The molecule has 0 radical (unpaired) electrons. The van der Waals surface area contributed by atoms with Crippen LogP contribution in [0.1, 0.15) is 30.6 Å². The topological polar surface area (TPSA) is 29.1 Å². The third kappa shape index (κ3) is 3.75. The molecular weight excluding hydrogens is 369 g/mol. The molecule has 1 rings (SSSR count). The second-order valence-electron chi connectivity index (χ2n) is 3.41. The molecule has 0 heterocycles. The lowest BCUT2D eigenvalue weighted by Gasteiger charge is -2.12. The van der Waals surface area contributed by atoms with Gasteiger partial charge in [0.05, 0.1) is 5.56 Å². The summed E-state index contributed by atoms with van der Waals surface area (Å²) in [6.45, 7) is 4.05. The molecule has 0 bridgehead atoms. The zero-order chi connectivity index (χ0) is 11.4. The van der Waals surface area contributed by atoms with Crippen molar-refractivity contribution in [3.8, 4) is 0 Å². The quantitative estimate of drug-likeness (QED) is 0.796. The van der Waals surface area contributed by atoms with Crippen molar-refractivity contribution in [2.45, 2.75) is 26.3 Å². The number of amides is 1. The molecular formula is C11H13BrINO. The fourth-order valence-electron chi connectivity index (χ4n) is 1.08. The Morgan fingerprint density at radius 1 is 1.60 bits per heavy atom. The average molecular weight is 382 g/mol. The molecule has 0 aliphatic heterocycles. The number of benzene rings is 1. The van der Waals surface area contributed by atoms with Crippen LogP contribution in [0.5, 0.6) is 0 Å². The third-order valence-electron chi connectivity index (χ3n) is 2.16. The zero-order valence-corrected chi connectivity index (χ0v) is 12.4. The Bertz CT molecular complexity index is 368. The van der Waals surface area contributed by atoms with E-state index in [1.165, 1.54) is 0 Å². The lowest BCUT2D eigenvalue weighted by molar-refractivity contribution is 0.0938. The first kappa shape index (κ1) is 13.0. The van der Waals surface area contributed by atoms with Gasteiger partial charge < -0.3 is 5.32 Å². The maximum absolute atomic E-state index is 11.8. The Labute approximate surface area is 112 Å². The van der Waals surface area contributed by atoms with Gasteiger partial charge in [0.2, 0.25) is 0 Å². The van der Waals surface area contributed by atoms with Gasteiger partial charge in [-0.15, -0.1) is 0 Å². The summed E-state index contributed by atoms with van der Waals surface area (Å²) in [6.07, 6.45) is 0.938. The molecule has 0 spiro atoms.